The van der Waals surface area contributed by atoms with Crippen molar-refractivity contribution in [3.05, 3.63) is 12.7 Å². The first-order chi connectivity index (χ1) is 3.81. The first-order valence-electron chi connectivity index (χ1n) is 2.86. The fourth-order valence-corrected chi connectivity index (χ4v) is 0.919. The van der Waals surface area contributed by atoms with Gasteiger partial charge in [0.25, 0.3) is 0 Å². The highest BCUT2D eigenvalue weighted by Crippen LogP contribution is 2.28. The Bertz CT molecular complexity index is 115. The number of alkyl halides is 1. The molecule has 0 saturated heterocycles. The Morgan fingerprint density at radius 1 is 1.56 bits per heavy atom. The summed E-state index contributed by atoms with van der Waals surface area (Å²) in [6.07, 6.45) is 1.62. The van der Waals surface area contributed by atoms with E-state index < -0.39 is 11.3 Å². The molecule has 0 bridgehead atoms. The molecule has 9 heavy (non-hydrogen) atoms. The molecule has 0 fully saturated rings. The molecular weight excluding hydrogens is 243 g/mol. The lowest BCUT2D eigenvalue weighted by molar-refractivity contribution is 0.276. The maximum Gasteiger partial charge on any atom is 0.120 e. The van der Waals surface area contributed by atoms with Gasteiger partial charge in [-0.05, 0) is 22.6 Å². The number of aliphatic hydroxyl groups is 1. The van der Waals surface area contributed by atoms with Crippen LogP contribution in [0.2, 0.25) is 19.6 Å². The molecule has 0 spiro atoms. The van der Waals surface area contributed by atoms with E-state index in [4.69, 9.17) is 0 Å². The van der Waals surface area contributed by atoms with Crippen molar-refractivity contribution in [1.29, 1.82) is 0 Å². The van der Waals surface area contributed by atoms with Crippen molar-refractivity contribution in [1.82, 2.24) is 0 Å². The molecule has 0 aromatic heterocycles. The summed E-state index contributed by atoms with van der Waals surface area (Å²) in [4.78, 5) is 0. The van der Waals surface area contributed by atoms with E-state index in [9.17, 15) is 5.11 Å². The molecule has 0 aliphatic carbocycles. The van der Waals surface area contributed by atoms with Crippen LogP contribution in [0.1, 0.15) is 0 Å². The summed E-state index contributed by atoms with van der Waals surface area (Å²) in [6.45, 7) is 9.91. The minimum absolute atomic E-state index is 0.648. The lowest BCUT2D eigenvalue weighted by atomic mass is 10.7. The fraction of sp³-hybridized carbons (Fsp3) is 0.667. The molecule has 0 saturated carbocycles. The van der Waals surface area contributed by atoms with Crippen molar-refractivity contribution in [2.45, 2.75) is 22.9 Å². The minimum Gasteiger partial charge on any atom is -0.379 e. The second kappa shape index (κ2) is 2.71. The SMILES string of the molecule is C=CC(O)(I)[Si](C)(C)C. The molecule has 0 aromatic rings. The lowest BCUT2D eigenvalue weighted by Crippen LogP contribution is -2.45. The van der Waals surface area contributed by atoms with Crippen LogP contribution >= 0.6 is 22.6 Å². The molecule has 54 valence electrons. The summed E-state index contributed by atoms with van der Waals surface area (Å²) in [7, 11) is -1.46. The molecule has 3 heteroatoms. The largest absolute Gasteiger partial charge is 0.379 e. The normalized spacial score (nSPS) is 18.8. The number of hydrogen-bond acceptors (Lipinski definition) is 1. The Labute approximate surface area is 71.3 Å². The molecule has 1 atom stereocenters. The second-order valence-electron chi connectivity index (χ2n) is 3.13. The fourth-order valence-electron chi connectivity index (χ4n) is 0.306. The van der Waals surface area contributed by atoms with Crippen LogP contribution in [0.15, 0.2) is 12.7 Å². The maximum atomic E-state index is 9.59. The first-order valence-corrected chi connectivity index (χ1v) is 7.44. The van der Waals surface area contributed by atoms with Gasteiger partial charge in [0.1, 0.15) is 3.23 Å². The van der Waals surface area contributed by atoms with Crippen molar-refractivity contribution in [2.75, 3.05) is 0 Å². The van der Waals surface area contributed by atoms with E-state index in [1.165, 1.54) is 0 Å². The van der Waals surface area contributed by atoms with Crippen LogP contribution < -0.4 is 0 Å². The van der Waals surface area contributed by atoms with E-state index in [0.717, 1.165) is 0 Å². The van der Waals surface area contributed by atoms with Gasteiger partial charge >= 0.3 is 0 Å². The Morgan fingerprint density at radius 2 is 1.89 bits per heavy atom. The van der Waals surface area contributed by atoms with Crippen LogP contribution in [0.25, 0.3) is 0 Å². The van der Waals surface area contributed by atoms with Gasteiger partial charge in [-0.15, -0.1) is 0 Å². The van der Waals surface area contributed by atoms with E-state index >= 15 is 0 Å². The third-order valence-electron chi connectivity index (χ3n) is 1.32. The molecule has 0 rings (SSSR count). The van der Waals surface area contributed by atoms with Crippen LogP contribution in [0.4, 0.5) is 0 Å². The van der Waals surface area contributed by atoms with Crippen LogP contribution in [-0.2, 0) is 0 Å². The molecular formula is C6H13IOSi. The topological polar surface area (TPSA) is 20.2 Å². The van der Waals surface area contributed by atoms with E-state index in [-0.39, 0.29) is 0 Å². The molecule has 0 aliphatic heterocycles. The maximum absolute atomic E-state index is 9.59. The van der Waals surface area contributed by atoms with Crippen molar-refractivity contribution < 1.29 is 5.11 Å². The third kappa shape index (κ3) is 2.39. The summed E-state index contributed by atoms with van der Waals surface area (Å²) in [6, 6.07) is 0. The van der Waals surface area contributed by atoms with Crippen LogP contribution in [-0.4, -0.2) is 16.4 Å². The van der Waals surface area contributed by atoms with E-state index in [2.05, 4.69) is 26.2 Å². The number of halogens is 1. The van der Waals surface area contributed by atoms with Crippen molar-refractivity contribution in [3.8, 4) is 0 Å². The van der Waals surface area contributed by atoms with Crippen LogP contribution in [0, 0.1) is 0 Å². The third-order valence-corrected chi connectivity index (χ3v) is 8.93. The van der Waals surface area contributed by atoms with Gasteiger partial charge in [0.05, 0.1) is 8.07 Å². The van der Waals surface area contributed by atoms with Gasteiger partial charge in [-0.2, -0.15) is 0 Å². The quantitative estimate of drug-likeness (QED) is 0.347. The molecule has 1 N–H and O–H groups in total. The van der Waals surface area contributed by atoms with Gasteiger partial charge in [0, 0.05) is 0 Å². The Kier molecular flexibility index (Phi) is 2.91. The van der Waals surface area contributed by atoms with Gasteiger partial charge in [-0.25, -0.2) is 0 Å². The average molecular weight is 256 g/mol. The summed E-state index contributed by atoms with van der Waals surface area (Å²) in [5.74, 6) is 0. The minimum atomic E-state index is -1.46. The van der Waals surface area contributed by atoms with Crippen molar-refractivity contribution in [3.63, 3.8) is 0 Å². The zero-order valence-electron chi connectivity index (χ0n) is 6.11. The van der Waals surface area contributed by atoms with Gasteiger partial charge in [-0.1, -0.05) is 32.3 Å². The molecule has 0 aromatic carbocycles. The van der Waals surface area contributed by atoms with Gasteiger partial charge in [-0.3, -0.25) is 0 Å². The number of hydrogen-bond donors (Lipinski definition) is 1. The first kappa shape index (κ1) is 9.65. The van der Waals surface area contributed by atoms with Crippen molar-refractivity contribution in [2.24, 2.45) is 0 Å². The molecule has 0 aliphatic rings. The smallest absolute Gasteiger partial charge is 0.120 e. The van der Waals surface area contributed by atoms with Gasteiger partial charge in [0.15, 0.2) is 0 Å². The highest BCUT2D eigenvalue weighted by Gasteiger charge is 2.35. The zero-order chi connectivity index (χ0) is 7.71. The average Bonchev–Trinajstić information content (AvgIpc) is 1.64. The summed E-state index contributed by atoms with van der Waals surface area (Å²) in [5, 5.41) is 9.59. The summed E-state index contributed by atoms with van der Waals surface area (Å²) < 4.78 is -0.648. The predicted octanol–water partition coefficient (Wildman–Crippen LogP) is 2.17. The Hall–Kier alpha value is 0.647. The molecule has 1 nitrogen and oxygen atoms in total. The predicted molar refractivity (Wildman–Crippen MR) is 52.5 cm³/mol. The van der Waals surface area contributed by atoms with Gasteiger partial charge < -0.3 is 5.11 Å². The van der Waals surface area contributed by atoms with E-state index in [0.29, 0.717) is 0 Å². The Morgan fingerprint density at radius 3 is 1.89 bits per heavy atom. The van der Waals surface area contributed by atoms with E-state index in [1.807, 2.05) is 22.6 Å². The Balaban J connectivity index is 4.32. The highest BCUT2D eigenvalue weighted by atomic mass is 127. The van der Waals surface area contributed by atoms with Crippen molar-refractivity contribution >= 4 is 30.7 Å². The standard InChI is InChI=1S/C6H13IOSi/c1-5-6(7,8)9(2,3)4/h5,8H,1H2,2-4H3. The monoisotopic (exact) mass is 256 g/mol. The lowest BCUT2D eigenvalue weighted by Gasteiger charge is -2.29. The number of rotatable bonds is 2. The molecule has 0 amide bonds. The highest BCUT2D eigenvalue weighted by molar-refractivity contribution is 14.1. The van der Waals surface area contributed by atoms with Crippen LogP contribution in [0.3, 0.4) is 0 Å². The summed E-state index contributed by atoms with van der Waals surface area (Å²) >= 11 is 2.05. The zero-order valence-corrected chi connectivity index (χ0v) is 9.27. The second-order valence-corrected chi connectivity index (χ2v) is 11.1. The molecule has 0 radical (unpaired) electrons. The molecule has 1 unspecified atom stereocenters. The van der Waals surface area contributed by atoms with E-state index in [1.54, 1.807) is 6.08 Å². The summed E-state index contributed by atoms with van der Waals surface area (Å²) in [5.41, 5.74) is 0. The van der Waals surface area contributed by atoms with Gasteiger partial charge in [0.2, 0.25) is 0 Å². The molecule has 0 heterocycles. The van der Waals surface area contributed by atoms with Crippen LogP contribution in [0.5, 0.6) is 0 Å².